The van der Waals surface area contributed by atoms with E-state index in [4.69, 9.17) is 0 Å². The number of rotatable bonds is 4. The van der Waals surface area contributed by atoms with Crippen LogP contribution >= 0.6 is 0 Å². The topological polar surface area (TPSA) is 113 Å². The van der Waals surface area contributed by atoms with Crippen LogP contribution in [0.5, 0.6) is 0 Å². The molecule has 0 aromatic heterocycles. The maximum Gasteiger partial charge on any atom is 0.333 e. The van der Waals surface area contributed by atoms with E-state index in [-0.39, 0.29) is 12.3 Å². The molecule has 0 atom stereocenters. The third kappa shape index (κ3) is 4.02. The molecule has 0 amide bonds. The summed E-state index contributed by atoms with van der Waals surface area (Å²) in [5, 5.41) is 14.9. The van der Waals surface area contributed by atoms with Gasteiger partial charge in [0, 0.05) is 12.1 Å². The molecule has 82 valence electrons. The molecule has 0 aliphatic heterocycles. The Labute approximate surface area is 85.9 Å². The van der Waals surface area contributed by atoms with E-state index in [0.29, 0.717) is 5.56 Å². The van der Waals surface area contributed by atoms with Gasteiger partial charge in [-0.25, -0.2) is 5.14 Å². The van der Waals surface area contributed by atoms with Gasteiger partial charge >= 0.3 is 10.3 Å². The normalized spacial score (nSPS) is 11.3. The highest BCUT2D eigenvalue weighted by Crippen LogP contribution is 2.12. The van der Waals surface area contributed by atoms with Gasteiger partial charge in [-0.2, -0.15) is 8.42 Å². The van der Waals surface area contributed by atoms with Gasteiger partial charge in [0.05, 0.1) is 11.5 Å². The molecule has 2 N–H and O–H groups in total. The van der Waals surface area contributed by atoms with E-state index < -0.39 is 15.2 Å². The molecule has 1 aromatic rings. The number of nitrogens with zero attached hydrogens (tertiary/aromatic N) is 1. The first-order valence-corrected chi connectivity index (χ1v) is 5.26. The Bertz CT molecular complexity index is 453. The highest BCUT2D eigenvalue weighted by Gasteiger charge is 2.06. The first-order valence-electron chi connectivity index (χ1n) is 3.79. The summed E-state index contributed by atoms with van der Waals surface area (Å²) < 4.78 is 25.1. The smallest absolute Gasteiger partial charge is 0.258 e. The second-order valence-electron chi connectivity index (χ2n) is 2.68. The molecule has 0 aliphatic rings. The first-order chi connectivity index (χ1) is 6.88. The number of nitro groups is 1. The number of hydrogen-bond donors (Lipinski definition) is 1. The highest BCUT2D eigenvalue weighted by molar-refractivity contribution is 7.84. The summed E-state index contributed by atoms with van der Waals surface area (Å²) in [4.78, 5) is 9.74. The lowest BCUT2D eigenvalue weighted by Gasteiger charge is -2.00. The van der Waals surface area contributed by atoms with Crippen molar-refractivity contribution in [1.82, 2.24) is 0 Å². The van der Waals surface area contributed by atoms with Gasteiger partial charge in [-0.15, -0.1) is 0 Å². The summed E-state index contributed by atoms with van der Waals surface area (Å²) in [6.07, 6.45) is 0. The zero-order valence-electron chi connectivity index (χ0n) is 7.49. The Morgan fingerprint density at radius 3 is 2.27 bits per heavy atom. The van der Waals surface area contributed by atoms with Crippen LogP contribution in [0.25, 0.3) is 0 Å². The van der Waals surface area contributed by atoms with Crippen LogP contribution in [0.15, 0.2) is 24.3 Å². The predicted molar refractivity (Wildman–Crippen MR) is 51.0 cm³/mol. The Morgan fingerprint density at radius 2 is 1.87 bits per heavy atom. The molecule has 0 aliphatic carbocycles. The molecule has 0 unspecified atom stereocenters. The van der Waals surface area contributed by atoms with Crippen molar-refractivity contribution >= 4 is 16.0 Å². The zero-order chi connectivity index (χ0) is 11.5. The lowest BCUT2D eigenvalue weighted by Crippen LogP contribution is -2.15. The van der Waals surface area contributed by atoms with Gasteiger partial charge in [0.1, 0.15) is 0 Å². The summed E-state index contributed by atoms with van der Waals surface area (Å²) in [6, 6.07) is 5.29. The lowest BCUT2D eigenvalue weighted by atomic mass is 10.2. The molecule has 0 saturated heterocycles. The maximum absolute atomic E-state index is 10.4. The van der Waals surface area contributed by atoms with Gasteiger partial charge in [-0.1, -0.05) is 0 Å². The Hall–Kier alpha value is -1.51. The number of non-ortho nitro benzene ring substituents is 1. The minimum absolute atomic E-state index is 0.0747. The Balaban J connectivity index is 2.69. The predicted octanol–water partition coefficient (Wildman–Crippen LogP) is 0.315. The zero-order valence-corrected chi connectivity index (χ0v) is 8.31. The van der Waals surface area contributed by atoms with Crippen molar-refractivity contribution in [2.24, 2.45) is 5.14 Å². The SMILES string of the molecule is NS(=O)(=O)OCc1ccc([N+](=O)[O-])cc1. The fourth-order valence-electron chi connectivity index (χ4n) is 0.864. The number of nitrogens with two attached hydrogens (primary N) is 1. The molecule has 0 bridgehead atoms. The average Bonchev–Trinajstić information content (AvgIpc) is 2.14. The van der Waals surface area contributed by atoms with Crippen LogP contribution in [-0.2, 0) is 21.1 Å². The van der Waals surface area contributed by atoms with E-state index in [1.165, 1.54) is 24.3 Å². The standard InChI is InChI=1S/C7H8N2O5S/c8-15(12,13)14-5-6-1-3-7(4-2-6)9(10)11/h1-4H,5H2,(H2,8,12,13). The quantitative estimate of drug-likeness (QED) is 0.593. The summed E-state index contributed by atoms with van der Waals surface area (Å²) in [6.45, 7) is -0.239. The maximum atomic E-state index is 10.4. The van der Waals surface area contributed by atoms with Gasteiger partial charge in [0.2, 0.25) is 0 Å². The van der Waals surface area contributed by atoms with Crippen molar-refractivity contribution in [3.05, 3.63) is 39.9 Å². The molecule has 0 fully saturated rings. The van der Waals surface area contributed by atoms with E-state index in [1.807, 2.05) is 0 Å². The van der Waals surface area contributed by atoms with E-state index in [0.717, 1.165) is 0 Å². The fraction of sp³-hybridized carbons (Fsp3) is 0.143. The average molecular weight is 232 g/mol. The van der Waals surface area contributed by atoms with E-state index in [2.05, 4.69) is 9.32 Å². The molecule has 7 nitrogen and oxygen atoms in total. The van der Waals surface area contributed by atoms with Crippen molar-refractivity contribution < 1.29 is 17.5 Å². The van der Waals surface area contributed by atoms with Gasteiger partial charge < -0.3 is 0 Å². The van der Waals surface area contributed by atoms with Crippen LogP contribution in [0.1, 0.15) is 5.56 Å². The van der Waals surface area contributed by atoms with Crippen molar-refractivity contribution in [3.8, 4) is 0 Å². The third-order valence-electron chi connectivity index (χ3n) is 1.54. The summed E-state index contributed by atoms with van der Waals surface area (Å²) in [5.74, 6) is 0. The fourth-order valence-corrected chi connectivity index (χ4v) is 1.16. The molecular weight excluding hydrogens is 224 g/mol. The summed E-state index contributed by atoms with van der Waals surface area (Å²) in [7, 11) is -3.98. The Kier molecular flexibility index (Phi) is 3.35. The van der Waals surface area contributed by atoms with Crippen molar-refractivity contribution in [1.29, 1.82) is 0 Å². The van der Waals surface area contributed by atoms with Crippen LogP contribution in [0.2, 0.25) is 0 Å². The van der Waals surface area contributed by atoms with Crippen LogP contribution in [-0.4, -0.2) is 13.3 Å². The van der Waals surface area contributed by atoms with Crippen LogP contribution in [0.4, 0.5) is 5.69 Å². The van der Waals surface area contributed by atoms with Gasteiger partial charge in [0.15, 0.2) is 0 Å². The highest BCUT2D eigenvalue weighted by atomic mass is 32.2. The number of nitro benzene ring substituents is 1. The molecule has 1 aromatic carbocycles. The van der Waals surface area contributed by atoms with Gasteiger partial charge in [-0.05, 0) is 17.7 Å². The lowest BCUT2D eigenvalue weighted by molar-refractivity contribution is -0.384. The van der Waals surface area contributed by atoms with E-state index in [1.54, 1.807) is 0 Å². The van der Waals surface area contributed by atoms with Crippen LogP contribution < -0.4 is 5.14 Å². The molecule has 0 saturated carbocycles. The molecule has 8 heteroatoms. The molecule has 0 spiro atoms. The van der Waals surface area contributed by atoms with Crippen LogP contribution in [0.3, 0.4) is 0 Å². The summed E-state index contributed by atoms with van der Waals surface area (Å²) >= 11 is 0. The first kappa shape index (κ1) is 11.6. The van der Waals surface area contributed by atoms with Crippen molar-refractivity contribution in [3.63, 3.8) is 0 Å². The number of hydrogen-bond acceptors (Lipinski definition) is 5. The Morgan fingerprint density at radius 1 is 1.33 bits per heavy atom. The molecule has 0 heterocycles. The second kappa shape index (κ2) is 4.34. The number of benzene rings is 1. The van der Waals surface area contributed by atoms with Gasteiger partial charge in [0.25, 0.3) is 5.69 Å². The summed E-state index contributed by atoms with van der Waals surface area (Å²) in [5.41, 5.74) is 0.406. The largest absolute Gasteiger partial charge is 0.333 e. The minimum atomic E-state index is -3.98. The molecule has 1 rings (SSSR count). The minimum Gasteiger partial charge on any atom is -0.258 e. The van der Waals surface area contributed by atoms with E-state index in [9.17, 15) is 18.5 Å². The molecule has 15 heavy (non-hydrogen) atoms. The second-order valence-corrected chi connectivity index (χ2v) is 3.90. The monoisotopic (exact) mass is 232 g/mol. The third-order valence-corrected chi connectivity index (χ3v) is 1.98. The van der Waals surface area contributed by atoms with Crippen molar-refractivity contribution in [2.45, 2.75) is 6.61 Å². The molecular formula is C7H8N2O5S. The van der Waals surface area contributed by atoms with Crippen LogP contribution in [0, 0.1) is 10.1 Å². The van der Waals surface area contributed by atoms with Crippen molar-refractivity contribution in [2.75, 3.05) is 0 Å². The van der Waals surface area contributed by atoms with Gasteiger partial charge in [-0.3, -0.25) is 14.3 Å². The van der Waals surface area contributed by atoms with E-state index >= 15 is 0 Å². The molecule has 0 radical (unpaired) electrons.